The molecule has 31 heavy (non-hydrogen) atoms. The molecule has 1 aromatic heterocycles. The molecule has 1 N–H and O–H groups in total. The lowest BCUT2D eigenvalue weighted by Crippen LogP contribution is -2.19. The minimum atomic E-state index is -0.0962. The first kappa shape index (κ1) is 22.3. The average molecular weight is 635 g/mol. The first-order chi connectivity index (χ1) is 14.9. The highest BCUT2D eigenvalue weighted by atomic mass is 127. The normalized spacial score (nSPS) is 11.8. The van der Waals surface area contributed by atoms with Gasteiger partial charge in [0, 0.05) is 41.9 Å². The summed E-state index contributed by atoms with van der Waals surface area (Å²) >= 11 is 4.69. The van der Waals surface area contributed by atoms with Gasteiger partial charge in [-0.2, -0.15) is 5.10 Å². The predicted molar refractivity (Wildman–Crippen MR) is 146 cm³/mol. The first-order valence-corrected chi connectivity index (χ1v) is 12.4. The molecule has 4 rings (SSSR count). The van der Waals surface area contributed by atoms with Crippen molar-refractivity contribution in [1.29, 1.82) is 0 Å². The minimum absolute atomic E-state index is 0.0962. The van der Waals surface area contributed by atoms with Gasteiger partial charge in [-0.05, 0) is 98.6 Å². The van der Waals surface area contributed by atoms with Crippen molar-refractivity contribution in [3.8, 4) is 0 Å². The lowest BCUT2D eigenvalue weighted by molar-refractivity contribution is -0.121. The van der Waals surface area contributed by atoms with Gasteiger partial charge < -0.3 is 4.57 Å². The van der Waals surface area contributed by atoms with Gasteiger partial charge in [0.25, 0.3) is 0 Å². The van der Waals surface area contributed by atoms with Crippen LogP contribution in [-0.4, -0.2) is 16.7 Å². The number of hydrogen-bond donors (Lipinski definition) is 1. The zero-order chi connectivity index (χ0) is 22.0. The van der Waals surface area contributed by atoms with E-state index >= 15 is 0 Å². The van der Waals surface area contributed by atoms with Crippen LogP contribution in [0.3, 0.4) is 0 Å². The number of nitrogens with zero attached hydrogens (tertiary/aromatic N) is 2. The number of nitrogens with one attached hydrogen (secondary N) is 1. The molecular weight excluding hydrogens is 612 g/mol. The number of benzene rings is 3. The molecule has 3 aromatic carbocycles. The number of aryl methyl sites for hydroxylation is 1. The Morgan fingerprint density at radius 2 is 1.55 bits per heavy atom. The SMILES string of the molecule is CC(C)c1ccc(/C=N\NC(=O)CCn2c3ccc(I)cc3c3cc(I)ccc32)cc1. The Bertz CT molecular complexity index is 1210. The van der Waals surface area contributed by atoms with Crippen LogP contribution >= 0.6 is 45.2 Å². The molecule has 0 radical (unpaired) electrons. The third-order valence-electron chi connectivity index (χ3n) is 5.36. The Balaban J connectivity index is 1.46. The van der Waals surface area contributed by atoms with Crippen LogP contribution < -0.4 is 5.43 Å². The Morgan fingerprint density at radius 3 is 2.10 bits per heavy atom. The molecule has 158 valence electrons. The van der Waals surface area contributed by atoms with Crippen LogP contribution in [0.4, 0.5) is 0 Å². The van der Waals surface area contributed by atoms with Crippen molar-refractivity contribution in [1.82, 2.24) is 9.99 Å². The molecule has 0 unspecified atom stereocenters. The van der Waals surface area contributed by atoms with Crippen LogP contribution in [0.15, 0.2) is 65.8 Å². The second-order valence-electron chi connectivity index (χ2n) is 7.84. The molecule has 4 nitrogen and oxygen atoms in total. The van der Waals surface area contributed by atoms with Crippen LogP contribution in [0.5, 0.6) is 0 Å². The standard InChI is InChI=1S/C25H23I2N3O/c1-16(2)18-5-3-17(4-6-18)15-28-29-25(31)11-12-30-23-9-7-19(26)13-21(23)22-14-20(27)8-10-24(22)30/h3-10,13-16H,11-12H2,1-2H3,(H,29,31)/b28-15-. The maximum Gasteiger partial charge on any atom is 0.241 e. The van der Waals surface area contributed by atoms with Crippen molar-refractivity contribution >= 4 is 79.1 Å². The van der Waals surface area contributed by atoms with E-state index in [2.05, 4.69) is 123 Å². The van der Waals surface area contributed by atoms with Crippen molar-refractivity contribution in [3.63, 3.8) is 0 Å². The fourth-order valence-corrected chi connectivity index (χ4v) is 4.69. The third kappa shape index (κ3) is 5.11. The van der Waals surface area contributed by atoms with Gasteiger partial charge in [-0.1, -0.05) is 38.1 Å². The lowest BCUT2D eigenvalue weighted by Gasteiger charge is -2.07. The van der Waals surface area contributed by atoms with Crippen LogP contribution in [0.2, 0.25) is 0 Å². The molecule has 0 saturated carbocycles. The van der Waals surface area contributed by atoms with Gasteiger partial charge >= 0.3 is 0 Å². The summed E-state index contributed by atoms with van der Waals surface area (Å²) in [5.41, 5.74) is 7.22. The fraction of sp³-hybridized carbons (Fsp3) is 0.200. The quantitative estimate of drug-likeness (QED) is 0.144. The largest absolute Gasteiger partial charge is 0.340 e. The van der Waals surface area contributed by atoms with Crippen molar-refractivity contribution < 1.29 is 4.79 Å². The number of halogens is 2. The lowest BCUT2D eigenvalue weighted by atomic mass is 10.0. The van der Waals surface area contributed by atoms with E-state index in [-0.39, 0.29) is 5.91 Å². The topological polar surface area (TPSA) is 46.4 Å². The van der Waals surface area contributed by atoms with Gasteiger partial charge in [0.2, 0.25) is 5.91 Å². The van der Waals surface area contributed by atoms with Gasteiger partial charge in [-0.3, -0.25) is 4.79 Å². The Kier molecular flexibility index (Phi) is 6.95. The highest BCUT2D eigenvalue weighted by Crippen LogP contribution is 2.31. The second-order valence-corrected chi connectivity index (χ2v) is 10.3. The molecule has 6 heteroatoms. The van der Waals surface area contributed by atoms with Crippen molar-refractivity contribution in [2.45, 2.75) is 32.7 Å². The van der Waals surface area contributed by atoms with E-state index in [0.29, 0.717) is 18.9 Å². The number of amides is 1. The zero-order valence-electron chi connectivity index (χ0n) is 17.4. The fourth-order valence-electron chi connectivity index (χ4n) is 3.70. The van der Waals surface area contributed by atoms with Crippen LogP contribution in [0.1, 0.15) is 37.3 Å². The summed E-state index contributed by atoms with van der Waals surface area (Å²) in [6.07, 6.45) is 2.05. The summed E-state index contributed by atoms with van der Waals surface area (Å²) in [7, 11) is 0. The monoisotopic (exact) mass is 635 g/mol. The molecule has 0 fully saturated rings. The minimum Gasteiger partial charge on any atom is -0.340 e. The molecule has 0 aliphatic heterocycles. The highest BCUT2D eigenvalue weighted by Gasteiger charge is 2.12. The highest BCUT2D eigenvalue weighted by molar-refractivity contribution is 14.1. The predicted octanol–water partition coefficient (Wildman–Crippen LogP) is 6.67. The molecule has 0 bridgehead atoms. The van der Waals surface area contributed by atoms with Gasteiger partial charge in [-0.25, -0.2) is 5.43 Å². The Morgan fingerprint density at radius 1 is 0.968 bits per heavy atom. The number of hydrogen-bond acceptors (Lipinski definition) is 2. The number of carbonyl (C=O) groups excluding carboxylic acids is 1. The second kappa shape index (κ2) is 9.68. The van der Waals surface area contributed by atoms with Crippen molar-refractivity contribution in [3.05, 3.63) is 78.9 Å². The smallest absolute Gasteiger partial charge is 0.241 e. The number of aromatic nitrogens is 1. The first-order valence-electron chi connectivity index (χ1n) is 10.2. The molecule has 4 aromatic rings. The summed E-state index contributed by atoms with van der Waals surface area (Å²) in [6.45, 7) is 4.94. The maximum atomic E-state index is 12.4. The number of carbonyl (C=O) groups is 1. The summed E-state index contributed by atoms with van der Waals surface area (Å²) < 4.78 is 4.64. The van der Waals surface area contributed by atoms with E-state index < -0.39 is 0 Å². The van der Waals surface area contributed by atoms with Crippen LogP contribution in [0, 0.1) is 7.14 Å². The van der Waals surface area contributed by atoms with Gasteiger partial charge in [0.05, 0.1) is 6.21 Å². The van der Waals surface area contributed by atoms with E-state index in [4.69, 9.17) is 0 Å². The summed E-state index contributed by atoms with van der Waals surface area (Å²) in [5, 5.41) is 6.58. The number of hydrazone groups is 1. The summed E-state index contributed by atoms with van der Waals surface area (Å²) in [6, 6.07) is 21.1. The molecule has 0 atom stereocenters. The molecule has 0 aliphatic rings. The summed E-state index contributed by atoms with van der Waals surface area (Å²) in [5.74, 6) is 0.402. The van der Waals surface area contributed by atoms with E-state index in [1.807, 2.05) is 12.1 Å². The molecule has 1 heterocycles. The molecule has 1 amide bonds. The van der Waals surface area contributed by atoms with E-state index in [9.17, 15) is 4.79 Å². The van der Waals surface area contributed by atoms with Crippen molar-refractivity contribution in [2.75, 3.05) is 0 Å². The molecular formula is C25H23I2N3O. The van der Waals surface area contributed by atoms with Crippen LogP contribution in [-0.2, 0) is 11.3 Å². The van der Waals surface area contributed by atoms with Gasteiger partial charge in [0.1, 0.15) is 0 Å². The molecule has 0 spiro atoms. The van der Waals surface area contributed by atoms with E-state index in [1.54, 1.807) is 6.21 Å². The number of fused-ring (bicyclic) bond motifs is 3. The zero-order valence-corrected chi connectivity index (χ0v) is 21.7. The van der Waals surface area contributed by atoms with Crippen molar-refractivity contribution in [2.24, 2.45) is 5.10 Å². The summed E-state index contributed by atoms with van der Waals surface area (Å²) in [4.78, 5) is 12.4. The van der Waals surface area contributed by atoms with E-state index in [0.717, 1.165) is 16.6 Å². The number of rotatable bonds is 6. The Hall–Kier alpha value is -1.94. The van der Waals surface area contributed by atoms with E-state index in [1.165, 1.54) is 23.5 Å². The molecule has 0 saturated heterocycles. The Labute approximate surface area is 209 Å². The van der Waals surface area contributed by atoms with Crippen LogP contribution in [0.25, 0.3) is 21.8 Å². The van der Waals surface area contributed by atoms with Gasteiger partial charge in [0.15, 0.2) is 0 Å². The maximum absolute atomic E-state index is 12.4. The van der Waals surface area contributed by atoms with Gasteiger partial charge in [-0.15, -0.1) is 0 Å². The third-order valence-corrected chi connectivity index (χ3v) is 6.70. The molecule has 0 aliphatic carbocycles. The average Bonchev–Trinajstić information content (AvgIpc) is 3.04.